The van der Waals surface area contributed by atoms with E-state index >= 15 is 0 Å². The number of aliphatic carboxylic acids is 1. The quantitative estimate of drug-likeness (QED) is 0.702. The van der Waals surface area contributed by atoms with Crippen LogP contribution in [0.2, 0.25) is 0 Å². The molecule has 0 heterocycles. The maximum Gasteiger partial charge on any atom is 0.326 e. The van der Waals surface area contributed by atoms with Crippen LogP contribution in [0.4, 0.5) is 0 Å². The molecule has 1 aromatic carbocycles. The Morgan fingerprint density at radius 2 is 2.00 bits per heavy atom. The minimum absolute atomic E-state index is 0.309. The Labute approximate surface area is 117 Å². The van der Waals surface area contributed by atoms with E-state index in [9.17, 15) is 9.59 Å². The summed E-state index contributed by atoms with van der Waals surface area (Å²) in [5.41, 5.74) is 0.309. The highest BCUT2D eigenvalue weighted by molar-refractivity contribution is 5.98. The molecule has 2 N–H and O–H groups in total. The predicted octanol–water partition coefficient (Wildman–Crippen LogP) is 1.30. The van der Waals surface area contributed by atoms with Crippen molar-refractivity contribution in [2.75, 3.05) is 20.3 Å². The van der Waals surface area contributed by atoms with Gasteiger partial charge in [0.1, 0.15) is 18.4 Å². The van der Waals surface area contributed by atoms with E-state index in [4.69, 9.17) is 14.6 Å². The number of methoxy groups -OCH3 is 1. The van der Waals surface area contributed by atoms with Crippen LogP contribution in [0.5, 0.6) is 5.75 Å². The molecule has 1 amide bonds. The van der Waals surface area contributed by atoms with E-state index in [2.05, 4.69) is 5.32 Å². The van der Waals surface area contributed by atoms with Crippen molar-refractivity contribution >= 4 is 11.9 Å². The van der Waals surface area contributed by atoms with Gasteiger partial charge in [0.2, 0.25) is 0 Å². The Kier molecular flexibility index (Phi) is 6.52. The van der Waals surface area contributed by atoms with Gasteiger partial charge in [0.05, 0.1) is 12.2 Å². The number of nitrogens with one attached hydrogen (secondary N) is 1. The molecule has 1 rings (SSSR count). The zero-order valence-corrected chi connectivity index (χ0v) is 11.6. The van der Waals surface area contributed by atoms with Crippen molar-refractivity contribution in [3.63, 3.8) is 0 Å². The molecule has 0 radical (unpaired) electrons. The molecule has 6 nitrogen and oxygen atoms in total. The number of carboxylic acids is 1. The summed E-state index contributed by atoms with van der Waals surface area (Å²) < 4.78 is 10.3. The normalized spacial score (nSPS) is 11.7. The van der Waals surface area contributed by atoms with Gasteiger partial charge in [-0.15, -0.1) is 0 Å². The molecule has 1 unspecified atom stereocenters. The lowest BCUT2D eigenvalue weighted by Crippen LogP contribution is -2.40. The van der Waals surface area contributed by atoms with Gasteiger partial charge >= 0.3 is 5.97 Å². The fourth-order valence-electron chi connectivity index (χ4n) is 1.59. The largest absolute Gasteiger partial charge is 0.490 e. The van der Waals surface area contributed by atoms with E-state index in [0.717, 1.165) is 0 Å². The highest BCUT2D eigenvalue weighted by Gasteiger charge is 2.20. The molecule has 1 aromatic rings. The van der Waals surface area contributed by atoms with Crippen LogP contribution in [0.25, 0.3) is 0 Å². The van der Waals surface area contributed by atoms with E-state index < -0.39 is 17.9 Å². The van der Waals surface area contributed by atoms with Crippen molar-refractivity contribution < 1.29 is 24.2 Å². The molecule has 0 fully saturated rings. The van der Waals surface area contributed by atoms with Gasteiger partial charge in [0, 0.05) is 7.11 Å². The van der Waals surface area contributed by atoms with Crippen molar-refractivity contribution in [1.29, 1.82) is 0 Å². The molecule has 0 bridgehead atoms. The number of carboxylic acid groups (broad SMARTS) is 1. The number of carbonyl (C=O) groups is 2. The zero-order valence-electron chi connectivity index (χ0n) is 11.6. The lowest BCUT2D eigenvalue weighted by atomic mass is 10.1. The average Bonchev–Trinajstić information content (AvgIpc) is 2.45. The summed E-state index contributed by atoms with van der Waals surface area (Å²) in [6.45, 7) is 2.42. The number of benzene rings is 1. The fraction of sp³-hybridized carbons (Fsp3) is 0.429. The third kappa shape index (κ3) is 4.55. The molecular weight excluding hydrogens is 262 g/mol. The third-order valence-corrected chi connectivity index (χ3v) is 2.69. The van der Waals surface area contributed by atoms with Crippen molar-refractivity contribution in [1.82, 2.24) is 5.32 Å². The molecule has 0 aliphatic rings. The first kappa shape index (κ1) is 16.0. The van der Waals surface area contributed by atoms with Gasteiger partial charge < -0.3 is 19.9 Å². The maximum absolute atomic E-state index is 12.1. The van der Waals surface area contributed by atoms with Gasteiger partial charge in [-0.05, 0) is 18.6 Å². The minimum atomic E-state index is -1.06. The Morgan fingerprint density at radius 3 is 2.60 bits per heavy atom. The Morgan fingerprint density at radius 1 is 1.30 bits per heavy atom. The van der Waals surface area contributed by atoms with E-state index in [1.165, 1.54) is 0 Å². The zero-order chi connectivity index (χ0) is 15.0. The van der Waals surface area contributed by atoms with E-state index in [0.29, 0.717) is 30.9 Å². The number of hydrogen-bond acceptors (Lipinski definition) is 4. The number of hydrogen-bond donors (Lipinski definition) is 2. The van der Waals surface area contributed by atoms with Crippen LogP contribution < -0.4 is 10.1 Å². The summed E-state index contributed by atoms with van der Waals surface area (Å²) >= 11 is 0. The topological polar surface area (TPSA) is 84.9 Å². The standard InChI is InChI=1S/C14H19NO5/c1-3-11(14(17)18)15-13(16)10-6-4-5-7-12(10)20-9-8-19-2/h4-7,11H,3,8-9H2,1-2H3,(H,15,16)(H,17,18). The highest BCUT2D eigenvalue weighted by Crippen LogP contribution is 2.18. The fourth-order valence-corrected chi connectivity index (χ4v) is 1.59. The van der Waals surface area contributed by atoms with E-state index in [1.807, 2.05) is 0 Å². The second-order valence-corrected chi connectivity index (χ2v) is 4.11. The van der Waals surface area contributed by atoms with Crippen LogP contribution in [0, 0.1) is 0 Å². The van der Waals surface area contributed by atoms with Gasteiger partial charge in [0.15, 0.2) is 0 Å². The number of carbonyl (C=O) groups excluding carboxylic acids is 1. The van der Waals surface area contributed by atoms with Crippen molar-refractivity contribution in [2.24, 2.45) is 0 Å². The van der Waals surface area contributed by atoms with Gasteiger partial charge in [0.25, 0.3) is 5.91 Å². The first-order valence-electron chi connectivity index (χ1n) is 6.34. The second kappa shape index (κ2) is 8.16. The number of ether oxygens (including phenoxy) is 2. The summed E-state index contributed by atoms with van der Waals surface area (Å²) in [7, 11) is 1.56. The van der Waals surface area contributed by atoms with Crippen LogP contribution >= 0.6 is 0 Å². The maximum atomic E-state index is 12.1. The second-order valence-electron chi connectivity index (χ2n) is 4.11. The lowest BCUT2D eigenvalue weighted by Gasteiger charge is -2.14. The van der Waals surface area contributed by atoms with Crippen LogP contribution in [0.1, 0.15) is 23.7 Å². The van der Waals surface area contributed by atoms with Gasteiger partial charge in [-0.1, -0.05) is 19.1 Å². The number of para-hydroxylation sites is 1. The molecule has 110 valence electrons. The smallest absolute Gasteiger partial charge is 0.326 e. The van der Waals surface area contributed by atoms with E-state index in [1.54, 1.807) is 38.3 Å². The van der Waals surface area contributed by atoms with Crippen LogP contribution in [0.3, 0.4) is 0 Å². The monoisotopic (exact) mass is 281 g/mol. The first-order valence-corrected chi connectivity index (χ1v) is 6.34. The summed E-state index contributed by atoms with van der Waals surface area (Å²) in [5.74, 6) is -1.12. The highest BCUT2D eigenvalue weighted by atomic mass is 16.5. The van der Waals surface area contributed by atoms with Crippen LogP contribution in [0.15, 0.2) is 24.3 Å². The van der Waals surface area contributed by atoms with Gasteiger partial charge in [-0.25, -0.2) is 4.79 Å². The Hall–Kier alpha value is -2.08. The first-order chi connectivity index (χ1) is 9.60. The summed E-state index contributed by atoms with van der Waals surface area (Å²) in [5, 5.41) is 11.4. The summed E-state index contributed by atoms with van der Waals surface area (Å²) in [4.78, 5) is 23.0. The van der Waals surface area contributed by atoms with Gasteiger partial charge in [-0.2, -0.15) is 0 Å². The molecule has 1 atom stereocenters. The molecule has 0 aliphatic carbocycles. The lowest BCUT2D eigenvalue weighted by molar-refractivity contribution is -0.139. The Balaban J connectivity index is 2.78. The average molecular weight is 281 g/mol. The number of amides is 1. The molecule has 0 saturated carbocycles. The van der Waals surface area contributed by atoms with Gasteiger partial charge in [-0.3, -0.25) is 4.79 Å². The SMILES string of the molecule is CCC(NC(=O)c1ccccc1OCCOC)C(=O)O. The van der Waals surface area contributed by atoms with Crippen LogP contribution in [-0.2, 0) is 9.53 Å². The molecule has 0 spiro atoms. The molecule has 20 heavy (non-hydrogen) atoms. The van der Waals surface area contributed by atoms with Crippen molar-refractivity contribution in [3.05, 3.63) is 29.8 Å². The third-order valence-electron chi connectivity index (χ3n) is 2.69. The predicted molar refractivity (Wildman–Crippen MR) is 73.0 cm³/mol. The van der Waals surface area contributed by atoms with Crippen LogP contribution in [-0.4, -0.2) is 43.3 Å². The molecule has 0 aromatic heterocycles. The summed E-state index contributed by atoms with van der Waals surface area (Å²) in [6.07, 6.45) is 0.313. The summed E-state index contributed by atoms with van der Waals surface area (Å²) in [6, 6.07) is 5.78. The van der Waals surface area contributed by atoms with Crippen molar-refractivity contribution in [2.45, 2.75) is 19.4 Å². The molecule has 6 heteroatoms. The molecule has 0 saturated heterocycles. The Bertz CT molecular complexity index is 461. The molecular formula is C14H19NO5. The van der Waals surface area contributed by atoms with E-state index in [-0.39, 0.29) is 0 Å². The minimum Gasteiger partial charge on any atom is -0.490 e. The van der Waals surface area contributed by atoms with Crippen molar-refractivity contribution in [3.8, 4) is 5.75 Å². The number of rotatable bonds is 8. The molecule has 0 aliphatic heterocycles.